The first-order chi connectivity index (χ1) is 5.79. The lowest BCUT2D eigenvalue weighted by Gasteiger charge is -2.22. The molecule has 0 aliphatic carbocycles. The fraction of sp³-hybridized carbons (Fsp3) is 1.00. The molecule has 0 aromatic carbocycles. The van der Waals surface area contributed by atoms with Gasteiger partial charge in [0.1, 0.15) is 6.04 Å². The summed E-state index contributed by atoms with van der Waals surface area (Å²) in [6, 6.07) is -1.42. The minimum Gasteiger partial charge on any atom is -0.394 e. The summed E-state index contributed by atoms with van der Waals surface area (Å²) in [5, 5.41) is 8.53. The van der Waals surface area contributed by atoms with E-state index in [4.69, 9.17) is 5.11 Å². The lowest BCUT2D eigenvalue weighted by molar-refractivity contribution is 0.0766. The number of halogens is 2. The van der Waals surface area contributed by atoms with Crippen molar-refractivity contribution in [2.75, 3.05) is 6.61 Å². The largest absolute Gasteiger partial charge is 0.394 e. The van der Waals surface area contributed by atoms with Gasteiger partial charge in [-0.3, -0.25) is 0 Å². The first-order valence-electron chi connectivity index (χ1n) is 3.86. The minimum absolute atomic E-state index is 0.609. The van der Waals surface area contributed by atoms with Crippen molar-refractivity contribution in [2.24, 2.45) is 0 Å². The van der Waals surface area contributed by atoms with Gasteiger partial charge in [0.05, 0.1) is 22.3 Å². The fourth-order valence-corrected chi connectivity index (χ4v) is 1.29. The number of aliphatic hydroxyl groups is 1. The Morgan fingerprint density at radius 1 is 1.46 bits per heavy atom. The Bertz CT molecular complexity index is 182. The highest BCUT2D eigenvalue weighted by molar-refractivity contribution is 7.84. The zero-order valence-electron chi connectivity index (χ0n) is 7.88. The van der Waals surface area contributed by atoms with Gasteiger partial charge in [0.25, 0.3) is 6.43 Å². The van der Waals surface area contributed by atoms with E-state index in [0.29, 0.717) is 0 Å². The summed E-state index contributed by atoms with van der Waals surface area (Å²) >= 11 is 0. The smallest absolute Gasteiger partial charge is 0.256 e. The van der Waals surface area contributed by atoms with Crippen molar-refractivity contribution in [3.63, 3.8) is 0 Å². The Morgan fingerprint density at radius 2 is 1.92 bits per heavy atom. The molecule has 0 spiro atoms. The van der Waals surface area contributed by atoms with Gasteiger partial charge in [-0.25, -0.2) is 17.7 Å². The SMILES string of the molecule is CC(C)(C)S(=O)N[C@@H](CO)C(F)F. The molecule has 0 aromatic rings. The number of alkyl halides is 2. The highest BCUT2D eigenvalue weighted by Gasteiger charge is 2.26. The predicted octanol–water partition coefficient (Wildman–Crippen LogP) is 0.664. The molecule has 0 aliphatic heterocycles. The first kappa shape index (κ1) is 12.9. The molecule has 0 rings (SSSR count). The summed E-state index contributed by atoms with van der Waals surface area (Å²) in [6.07, 6.45) is -2.71. The van der Waals surface area contributed by atoms with Crippen LogP contribution in [0.2, 0.25) is 0 Å². The van der Waals surface area contributed by atoms with E-state index in [9.17, 15) is 13.0 Å². The van der Waals surface area contributed by atoms with Gasteiger partial charge < -0.3 is 5.11 Å². The Hall–Kier alpha value is -0.0700. The predicted molar refractivity (Wildman–Crippen MR) is 47.9 cm³/mol. The van der Waals surface area contributed by atoms with E-state index in [2.05, 4.69) is 4.72 Å². The second-order valence-electron chi connectivity index (χ2n) is 3.62. The highest BCUT2D eigenvalue weighted by Crippen LogP contribution is 2.11. The third-order valence-corrected chi connectivity index (χ3v) is 2.94. The van der Waals surface area contributed by atoms with Crippen LogP contribution in [0.4, 0.5) is 8.78 Å². The second kappa shape index (κ2) is 4.97. The van der Waals surface area contributed by atoms with E-state index >= 15 is 0 Å². The first-order valence-corrected chi connectivity index (χ1v) is 5.01. The van der Waals surface area contributed by atoms with Gasteiger partial charge in [0, 0.05) is 0 Å². The zero-order chi connectivity index (χ0) is 10.6. The molecule has 0 heterocycles. The molecule has 1 unspecified atom stereocenters. The van der Waals surface area contributed by atoms with Gasteiger partial charge >= 0.3 is 0 Å². The van der Waals surface area contributed by atoms with Gasteiger partial charge in [-0.2, -0.15) is 0 Å². The molecule has 0 fully saturated rings. The lowest BCUT2D eigenvalue weighted by Crippen LogP contribution is -2.45. The quantitative estimate of drug-likeness (QED) is 0.724. The molecule has 0 radical (unpaired) electrons. The van der Waals surface area contributed by atoms with E-state index < -0.39 is 34.8 Å². The Morgan fingerprint density at radius 3 is 2.15 bits per heavy atom. The molecule has 2 N–H and O–H groups in total. The van der Waals surface area contributed by atoms with Crippen molar-refractivity contribution in [2.45, 2.75) is 38.0 Å². The number of nitrogens with one attached hydrogen (secondary N) is 1. The standard InChI is InChI=1S/C7H15F2NO2S/c1-7(2,3)13(12)10-5(4-11)6(8)9/h5-6,10-11H,4H2,1-3H3/t5-,13?/m0/s1. The molecule has 2 atom stereocenters. The van der Waals surface area contributed by atoms with Crippen molar-refractivity contribution in [3.8, 4) is 0 Å². The van der Waals surface area contributed by atoms with E-state index in [1.807, 2.05) is 0 Å². The molecule has 0 aromatic heterocycles. The molecule has 3 nitrogen and oxygen atoms in total. The summed E-state index contributed by atoms with van der Waals surface area (Å²) in [4.78, 5) is 0. The molecule has 80 valence electrons. The number of hydrogen-bond acceptors (Lipinski definition) is 2. The molecule has 0 bridgehead atoms. The summed E-state index contributed by atoms with van der Waals surface area (Å²) in [5.74, 6) is 0. The molecule has 0 amide bonds. The molecule has 13 heavy (non-hydrogen) atoms. The maximum atomic E-state index is 12.1. The van der Waals surface area contributed by atoms with E-state index in [1.54, 1.807) is 20.8 Å². The lowest BCUT2D eigenvalue weighted by atomic mass is 10.3. The average molecular weight is 215 g/mol. The Kier molecular flexibility index (Phi) is 4.95. The van der Waals surface area contributed by atoms with Gasteiger partial charge in [-0.05, 0) is 20.8 Å². The highest BCUT2D eigenvalue weighted by atomic mass is 32.2. The van der Waals surface area contributed by atoms with Crippen LogP contribution < -0.4 is 4.72 Å². The van der Waals surface area contributed by atoms with Crippen LogP contribution >= 0.6 is 0 Å². The third-order valence-electron chi connectivity index (χ3n) is 1.32. The number of rotatable bonds is 4. The van der Waals surface area contributed by atoms with Gasteiger partial charge in [-0.1, -0.05) is 0 Å². The monoisotopic (exact) mass is 215 g/mol. The van der Waals surface area contributed by atoms with Crippen LogP contribution in [-0.2, 0) is 11.0 Å². The van der Waals surface area contributed by atoms with Crippen molar-refractivity contribution in [3.05, 3.63) is 0 Å². The maximum Gasteiger partial charge on any atom is 0.256 e. The second-order valence-corrected chi connectivity index (χ2v) is 5.62. The molecule has 0 saturated heterocycles. The normalized spacial score (nSPS) is 17.5. The zero-order valence-corrected chi connectivity index (χ0v) is 8.70. The van der Waals surface area contributed by atoms with Gasteiger partial charge in [-0.15, -0.1) is 0 Å². The van der Waals surface area contributed by atoms with Crippen molar-refractivity contribution in [1.82, 2.24) is 4.72 Å². The molecule has 6 heteroatoms. The van der Waals surface area contributed by atoms with E-state index in [0.717, 1.165) is 0 Å². The molecular weight excluding hydrogens is 200 g/mol. The maximum absolute atomic E-state index is 12.1. The van der Waals surface area contributed by atoms with Crippen LogP contribution in [-0.4, -0.2) is 33.1 Å². The van der Waals surface area contributed by atoms with Gasteiger partial charge in [0.15, 0.2) is 0 Å². The third kappa shape index (κ3) is 4.64. The van der Waals surface area contributed by atoms with Crippen LogP contribution in [0, 0.1) is 0 Å². The van der Waals surface area contributed by atoms with E-state index in [1.165, 1.54) is 0 Å². The van der Waals surface area contributed by atoms with Crippen molar-refractivity contribution in [1.29, 1.82) is 0 Å². The van der Waals surface area contributed by atoms with Crippen molar-refractivity contribution < 1.29 is 18.1 Å². The van der Waals surface area contributed by atoms with Crippen LogP contribution in [0.25, 0.3) is 0 Å². The summed E-state index contributed by atoms with van der Waals surface area (Å²) < 4.78 is 37.0. The summed E-state index contributed by atoms with van der Waals surface area (Å²) in [5.41, 5.74) is 0. The van der Waals surface area contributed by atoms with Crippen LogP contribution in [0.3, 0.4) is 0 Å². The molecule has 0 aliphatic rings. The summed E-state index contributed by atoms with van der Waals surface area (Å²) in [6.45, 7) is 4.27. The number of aliphatic hydroxyl groups excluding tert-OH is 1. The molecular formula is C7H15F2NO2S. The van der Waals surface area contributed by atoms with Gasteiger partial charge in [0.2, 0.25) is 0 Å². The Labute approximate surface area is 79.1 Å². The van der Waals surface area contributed by atoms with Crippen molar-refractivity contribution >= 4 is 11.0 Å². The Balaban J connectivity index is 4.18. The van der Waals surface area contributed by atoms with E-state index in [-0.39, 0.29) is 0 Å². The molecule has 0 saturated carbocycles. The minimum atomic E-state index is -2.71. The van der Waals surface area contributed by atoms with Crippen LogP contribution in [0.5, 0.6) is 0 Å². The number of hydrogen-bond donors (Lipinski definition) is 2. The van der Waals surface area contributed by atoms with Crippen LogP contribution in [0.1, 0.15) is 20.8 Å². The van der Waals surface area contributed by atoms with Crippen LogP contribution in [0.15, 0.2) is 0 Å². The fourth-order valence-electron chi connectivity index (χ4n) is 0.483. The topological polar surface area (TPSA) is 49.3 Å². The average Bonchev–Trinajstić information content (AvgIpc) is 1.96. The summed E-state index contributed by atoms with van der Waals surface area (Å²) in [7, 11) is -1.58.